The first kappa shape index (κ1) is 26.2. The third-order valence-corrected chi connectivity index (χ3v) is 7.24. The highest BCUT2D eigenvalue weighted by Crippen LogP contribution is 2.27. The van der Waals surface area contributed by atoms with Crippen molar-refractivity contribution in [1.82, 2.24) is 19.4 Å². The van der Waals surface area contributed by atoms with Crippen LogP contribution in [-0.2, 0) is 13.2 Å². The number of ether oxygens (including phenoxy) is 1. The maximum absolute atomic E-state index is 13.3. The topological polar surface area (TPSA) is 93.7 Å². The second kappa shape index (κ2) is 12.0. The van der Waals surface area contributed by atoms with Crippen molar-refractivity contribution < 1.29 is 14.3 Å². The number of primary amides is 1. The molecule has 4 aromatic rings. The van der Waals surface area contributed by atoms with Gasteiger partial charge < -0.3 is 15.4 Å². The highest BCUT2D eigenvalue weighted by molar-refractivity contribution is 5.97. The molecule has 0 atom stereocenters. The van der Waals surface area contributed by atoms with Crippen LogP contribution in [0.4, 0.5) is 4.79 Å². The molecule has 2 N–H and O–H groups in total. The Morgan fingerprint density at radius 1 is 0.974 bits per heavy atom. The minimum absolute atomic E-state index is 0.131. The van der Waals surface area contributed by atoms with E-state index in [9.17, 15) is 9.59 Å². The molecule has 0 aliphatic carbocycles. The Kier molecular flexibility index (Phi) is 8.03. The van der Waals surface area contributed by atoms with Gasteiger partial charge in [0.25, 0.3) is 5.91 Å². The molecule has 1 aliphatic rings. The fraction of sp³-hybridized carbons (Fsp3) is 0.258. The van der Waals surface area contributed by atoms with Crippen molar-refractivity contribution in [3.05, 3.63) is 108 Å². The van der Waals surface area contributed by atoms with Gasteiger partial charge in [-0.3, -0.25) is 14.3 Å². The number of aromatic nitrogens is 2. The van der Waals surface area contributed by atoms with E-state index in [0.29, 0.717) is 23.6 Å². The number of piperidine rings is 1. The smallest absolute Gasteiger partial charge is 0.329 e. The van der Waals surface area contributed by atoms with Crippen molar-refractivity contribution in [1.29, 1.82) is 0 Å². The van der Waals surface area contributed by atoms with Crippen LogP contribution in [0.5, 0.6) is 5.75 Å². The van der Waals surface area contributed by atoms with Gasteiger partial charge in [0, 0.05) is 44.5 Å². The number of benzene rings is 3. The van der Waals surface area contributed by atoms with E-state index in [1.165, 1.54) is 16.5 Å². The minimum Gasteiger partial charge on any atom is -0.488 e. The first-order chi connectivity index (χ1) is 19.0. The van der Waals surface area contributed by atoms with E-state index in [1.807, 2.05) is 49.5 Å². The second-order valence-corrected chi connectivity index (χ2v) is 9.90. The summed E-state index contributed by atoms with van der Waals surface area (Å²) in [5, 5.41) is 0. The van der Waals surface area contributed by atoms with E-state index < -0.39 is 5.91 Å². The molecule has 3 aromatic carbocycles. The van der Waals surface area contributed by atoms with Crippen LogP contribution in [0.25, 0.3) is 11.3 Å². The number of rotatable bonds is 8. The lowest BCUT2D eigenvalue weighted by atomic mass is 10.0. The van der Waals surface area contributed by atoms with Crippen LogP contribution in [0.1, 0.15) is 34.3 Å². The number of carbonyl (C=O) groups excluding carboxylic acids is 2. The molecule has 39 heavy (non-hydrogen) atoms. The molecular weight excluding hydrogens is 490 g/mol. The molecule has 1 saturated heterocycles. The van der Waals surface area contributed by atoms with Gasteiger partial charge in [-0.05, 0) is 42.2 Å². The van der Waals surface area contributed by atoms with Gasteiger partial charge in [0.1, 0.15) is 18.7 Å². The molecule has 200 valence electrons. The molecule has 1 aliphatic heterocycles. The summed E-state index contributed by atoms with van der Waals surface area (Å²) in [7, 11) is 1.85. The zero-order valence-corrected chi connectivity index (χ0v) is 22.1. The van der Waals surface area contributed by atoms with Crippen molar-refractivity contribution in [3.63, 3.8) is 0 Å². The van der Waals surface area contributed by atoms with Crippen LogP contribution in [0, 0.1) is 0 Å². The molecule has 0 spiro atoms. The summed E-state index contributed by atoms with van der Waals surface area (Å²) in [6, 6.07) is 25.4. The Morgan fingerprint density at radius 2 is 1.64 bits per heavy atom. The van der Waals surface area contributed by atoms with Crippen LogP contribution < -0.4 is 10.5 Å². The molecular formula is C31H33N5O3. The van der Waals surface area contributed by atoms with Gasteiger partial charge in [-0.15, -0.1) is 0 Å². The van der Waals surface area contributed by atoms with E-state index in [4.69, 9.17) is 10.5 Å². The Labute approximate surface area is 228 Å². The van der Waals surface area contributed by atoms with Crippen LogP contribution >= 0.6 is 0 Å². The Balaban J connectivity index is 1.22. The van der Waals surface area contributed by atoms with E-state index in [0.717, 1.165) is 38.0 Å². The van der Waals surface area contributed by atoms with Gasteiger partial charge in [0.15, 0.2) is 0 Å². The van der Waals surface area contributed by atoms with Gasteiger partial charge in [-0.1, -0.05) is 60.7 Å². The molecule has 2 heterocycles. The summed E-state index contributed by atoms with van der Waals surface area (Å²) in [4.78, 5) is 34.1. The van der Waals surface area contributed by atoms with E-state index >= 15 is 0 Å². The molecule has 5 rings (SSSR count). The van der Waals surface area contributed by atoms with Gasteiger partial charge in [-0.25, -0.2) is 9.78 Å². The first-order valence-corrected chi connectivity index (χ1v) is 13.2. The van der Waals surface area contributed by atoms with E-state index in [1.54, 1.807) is 23.2 Å². The summed E-state index contributed by atoms with van der Waals surface area (Å²) in [6.45, 7) is 3.14. The summed E-state index contributed by atoms with van der Waals surface area (Å²) in [5.74, 6) is -0.183. The number of imidazole rings is 1. The van der Waals surface area contributed by atoms with Crippen LogP contribution in [0.2, 0.25) is 0 Å². The van der Waals surface area contributed by atoms with Crippen molar-refractivity contribution in [3.8, 4) is 17.0 Å². The maximum Gasteiger partial charge on any atom is 0.329 e. The highest BCUT2D eigenvalue weighted by Gasteiger charge is 2.26. The molecule has 0 radical (unpaired) electrons. The Morgan fingerprint density at radius 3 is 2.31 bits per heavy atom. The lowest BCUT2D eigenvalue weighted by Crippen LogP contribution is -2.46. The van der Waals surface area contributed by atoms with Gasteiger partial charge in [0.2, 0.25) is 0 Å². The quantitative estimate of drug-likeness (QED) is 0.358. The van der Waals surface area contributed by atoms with Gasteiger partial charge >= 0.3 is 6.03 Å². The van der Waals surface area contributed by atoms with Gasteiger partial charge in [0.05, 0.1) is 11.3 Å². The molecule has 0 saturated carbocycles. The number of amides is 2. The predicted octanol–water partition coefficient (Wildman–Crippen LogP) is 4.79. The van der Waals surface area contributed by atoms with Crippen molar-refractivity contribution >= 4 is 11.9 Å². The Bertz CT molecular complexity index is 1410. The average molecular weight is 524 g/mol. The Hall–Kier alpha value is -4.43. The van der Waals surface area contributed by atoms with E-state index in [-0.39, 0.29) is 17.6 Å². The maximum atomic E-state index is 13.3. The molecule has 1 aromatic heterocycles. The third-order valence-electron chi connectivity index (χ3n) is 7.24. The molecule has 8 heteroatoms. The number of hydrogen-bond acceptors (Lipinski definition) is 5. The van der Waals surface area contributed by atoms with Crippen molar-refractivity contribution in [2.24, 2.45) is 5.73 Å². The van der Waals surface area contributed by atoms with Crippen LogP contribution in [0.15, 0.2) is 91.4 Å². The van der Waals surface area contributed by atoms with Gasteiger partial charge in [-0.2, -0.15) is 0 Å². The third kappa shape index (κ3) is 6.35. The molecule has 8 nitrogen and oxygen atoms in total. The SMILES string of the molecule is CN(C(=O)n1cnc(-c2ccc(OCc3ccccc3)c(C(N)=O)c2)c1)C1CCN(Cc2ccccc2)CC1. The minimum atomic E-state index is -0.589. The van der Waals surface area contributed by atoms with Crippen molar-refractivity contribution in [2.45, 2.75) is 32.0 Å². The second-order valence-electron chi connectivity index (χ2n) is 9.90. The first-order valence-electron chi connectivity index (χ1n) is 13.2. The standard InChI is InChI=1S/C31H33N5O3/c1-34(26-14-16-35(17-15-26)19-23-8-4-2-5-9-23)31(38)36-20-28(33-22-36)25-12-13-29(27(18-25)30(32)37)39-21-24-10-6-3-7-11-24/h2-13,18,20,22,26H,14-17,19,21H2,1H3,(H2,32,37). The van der Waals surface area contributed by atoms with Crippen molar-refractivity contribution in [2.75, 3.05) is 20.1 Å². The summed E-state index contributed by atoms with van der Waals surface area (Å²) in [6.07, 6.45) is 5.04. The monoisotopic (exact) mass is 523 g/mol. The predicted molar refractivity (Wildman–Crippen MR) is 150 cm³/mol. The number of hydrogen-bond donors (Lipinski definition) is 1. The zero-order chi connectivity index (χ0) is 27.2. The largest absolute Gasteiger partial charge is 0.488 e. The molecule has 0 unspecified atom stereocenters. The molecule has 0 bridgehead atoms. The zero-order valence-electron chi connectivity index (χ0n) is 22.1. The molecule has 1 fully saturated rings. The summed E-state index contributed by atoms with van der Waals surface area (Å²) < 4.78 is 7.36. The van der Waals surface area contributed by atoms with E-state index in [2.05, 4.69) is 34.1 Å². The summed E-state index contributed by atoms with van der Waals surface area (Å²) in [5.41, 5.74) is 9.47. The fourth-order valence-corrected chi connectivity index (χ4v) is 4.96. The number of carbonyl (C=O) groups is 2. The molecule has 2 amide bonds. The number of likely N-dealkylation sites (tertiary alicyclic amines) is 1. The normalized spacial score (nSPS) is 14.2. The summed E-state index contributed by atoms with van der Waals surface area (Å²) >= 11 is 0. The fourth-order valence-electron chi connectivity index (χ4n) is 4.96. The van der Waals surface area contributed by atoms with Crippen LogP contribution in [-0.4, -0.2) is 57.5 Å². The number of nitrogens with two attached hydrogens (primary N) is 1. The lowest BCUT2D eigenvalue weighted by Gasteiger charge is -2.36. The number of nitrogens with zero attached hydrogens (tertiary/aromatic N) is 4. The van der Waals surface area contributed by atoms with Crippen LogP contribution in [0.3, 0.4) is 0 Å². The lowest BCUT2D eigenvalue weighted by molar-refractivity contribution is 0.0996. The highest BCUT2D eigenvalue weighted by atomic mass is 16.5. The average Bonchev–Trinajstić information content (AvgIpc) is 3.47.